The second-order valence-electron chi connectivity index (χ2n) is 4.45. The number of likely N-dealkylation sites (N-methyl/N-ethyl adjacent to an activating group) is 1. The number of rotatable bonds is 7. The molecule has 3 N–H and O–H groups in total. The summed E-state index contributed by atoms with van der Waals surface area (Å²) in [5, 5.41) is 0. The zero-order valence-electron chi connectivity index (χ0n) is 9.51. The van der Waals surface area contributed by atoms with Crippen molar-refractivity contribution in [1.29, 1.82) is 0 Å². The highest BCUT2D eigenvalue weighted by Gasteiger charge is 2.07. The smallest absolute Gasteiger partial charge is 0.0337 e. The molecule has 13 heavy (non-hydrogen) atoms. The largest absolute Gasteiger partial charge is 0.308 e. The lowest BCUT2D eigenvalue weighted by Gasteiger charge is -2.20. The Kier molecular flexibility index (Phi) is 7.23. The Labute approximate surface area is 82.6 Å². The standard InChI is InChI=1S/C10H25N3/c1-9(2)6-5-7-10(12-11)8-13(3)4/h9-10,12H,5-8,11H2,1-4H3. The van der Waals surface area contributed by atoms with E-state index in [0.717, 1.165) is 12.5 Å². The van der Waals surface area contributed by atoms with E-state index in [2.05, 4.69) is 38.3 Å². The molecule has 0 aliphatic heterocycles. The van der Waals surface area contributed by atoms with Crippen LogP contribution in [0, 0.1) is 5.92 Å². The molecule has 1 unspecified atom stereocenters. The molecule has 0 rings (SSSR count). The van der Waals surface area contributed by atoms with Crippen molar-refractivity contribution in [3.05, 3.63) is 0 Å². The second kappa shape index (κ2) is 7.30. The minimum Gasteiger partial charge on any atom is -0.308 e. The van der Waals surface area contributed by atoms with Crippen molar-refractivity contribution in [3.63, 3.8) is 0 Å². The molecule has 0 aromatic heterocycles. The van der Waals surface area contributed by atoms with Gasteiger partial charge in [-0.05, 0) is 26.4 Å². The molecular formula is C10H25N3. The molecule has 80 valence electrons. The van der Waals surface area contributed by atoms with Gasteiger partial charge >= 0.3 is 0 Å². The van der Waals surface area contributed by atoms with Gasteiger partial charge in [-0.15, -0.1) is 0 Å². The maximum absolute atomic E-state index is 5.46. The fourth-order valence-corrected chi connectivity index (χ4v) is 1.44. The molecule has 0 saturated carbocycles. The molecule has 0 aliphatic rings. The Morgan fingerprint density at radius 3 is 2.23 bits per heavy atom. The molecule has 0 aromatic rings. The van der Waals surface area contributed by atoms with Crippen LogP contribution in [-0.2, 0) is 0 Å². The summed E-state index contributed by atoms with van der Waals surface area (Å²) in [6.07, 6.45) is 3.73. The van der Waals surface area contributed by atoms with Crippen LogP contribution in [0.5, 0.6) is 0 Å². The molecular weight excluding hydrogens is 162 g/mol. The molecule has 3 heteroatoms. The molecule has 0 fully saturated rings. The van der Waals surface area contributed by atoms with Gasteiger partial charge < -0.3 is 4.90 Å². The molecule has 0 aromatic carbocycles. The molecule has 0 amide bonds. The number of nitrogens with one attached hydrogen (secondary N) is 1. The van der Waals surface area contributed by atoms with Crippen LogP contribution < -0.4 is 11.3 Å². The van der Waals surface area contributed by atoms with Crippen molar-refractivity contribution in [1.82, 2.24) is 10.3 Å². The summed E-state index contributed by atoms with van der Waals surface area (Å²) in [4.78, 5) is 2.17. The quantitative estimate of drug-likeness (QED) is 0.465. The third kappa shape index (κ3) is 8.22. The Hall–Kier alpha value is -0.120. The van der Waals surface area contributed by atoms with Crippen molar-refractivity contribution in [2.24, 2.45) is 11.8 Å². The van der Waals surface area contributed by atoms with E-state index in [9.17, 15) is 0 Å². The molecule has 3 nitrogen and oxygen atoms in total. The second-order valence-corrected chi connectivity index (χ2v) is 4.45. The van der Waals surface area contributed by atoms with Crippen molar-refractivity contribution in [3.8, 4) is 0 Å². The lowest BCUT2D eigenvalue weighted by atomic mass is 10.0. The summed E-state index contributed by atoms with van der Waals surface area (Å²) < 4.78 is 0. The minimum atomic E-state index is 0.439. The normalized spacial score (nSPS) is 14.1. The third-order valence-corrected chi connectivity index (χ3v) is 2.16. The fraction of sp³-hybridized carbons (Fsp3) is 1.00. The minimum absolute atomic E-state index is 0.439. The number of hydrogen-bond acceptors (Lipinski definition) is 3. The van der Waals surface area contributed by atoms with Gasteiger partial charge in [0.25, 0.3) is 0 Å². The van der Waals surface area contributed by atoms with Crippen LogP contribution in [0.25, 0.3) is 0 Å². The Morgan fingerprint density at radius 2 is 1.85 bits per heavy atom. The summed E-state index contributed by atoms with van der Waals surface area (Å²) in [7, 11) is 4.15. The highest BCUT2D eigenvalue weighted by molar-refractivity contribution is 4.66. The van der Waals surface area contributed by atoms with Gasteiger partial charge in [-0.3, -0.25) is 11.3 Å². The van der Waals surface area contributed by atoms with Crippen LogP contribution in [0.2, 0.25) is 0 Å². The van der Waals surface area contributed by atoms with E-state index in [0.29, 0.717) is 6.04 Å². The number of nitrogens with zero attached hydrogens (tertiary/aromatic N) is 1. The SMILES string of the molecule is CC(C)CCCC(CN(C)C)NN. The molecule has 0 bridgehead atoms. The molecule has 0 radical (unpaired) electrons. The third-order valence-electron chi connectivity index (χ3n) is 2.16. The Morgan fingerprint density at radius 1 is 1.23 bits per heavy atom. The van der Waals surface area contributed by atoms with E-state index in [1.807, 2.05) is 0 Å². The van der Waals surface area contributed by atoms with Crippen LogP contribution in [0.15, 0.2) is 0 Å². The van der Waals surface area contributed by atoms with E-state index in [1.54, 1.807) is 0 Å². The first kappa shape index (κ1) is 12.9. The zero-order chi connectivity index (χ0) is 10.3. The first-order valence-electron chi connectivity index (χ1n) is 5.17. The van der Waals surface area contributed by atoms with Crippen molar-refractivity contribution in [2.45, 2.75) is 39.2 Å². The average Bonchev–Trinajstić information content (AvgIpc) is 2.01. The monoisotopic (exact) mass is 187 g/mol. The first-order chi connectivity index (χ1) is 6.06. The molecule has 0 heterocycles. The van der Waals surface area contributed by atoms with E-state index in [4.69, 9.17) is 5.84 Å². The van der Waals surface area contributed by atoms with E-state index >= 15 is 0 Å². The molecule has 0 aliphatic carbocycles. The van der Waals surface area contributed by atoms with E-state index < -0.39 is 0 Å². The van der Waals surface area contributed by atoms with Crippen LogP contribution in [0.1, 0.15) is 33.1 Å². The van der Waals surface area contributed by atoms with Gasteiger partial charge in [0.05, 0.1) is 0 Å². The number of hydrogen-bond donors (Lipinski definition) is 2. The summed E-state index contributed by atoms with van der Waals surface area (Å²) in [6.45, 7) is 5.54. The summed E-state index contributed by atoms with van der Waals surface area (Å²) in [5.41, 5.74) is 2.87. The zero-order valence-corrected chi connectivity index (χ0v) is 9.51. The Balaban J connectivity index is 3.48. The van der Waals surface area contributed by atoms with Gasteiger partial charge in [-0.1, -0.05) is 26.7 Å². The van der Waals surface area contributed by atoms with Gasteiger partial charge in [0.15, 0.2) is 0 Å². The summed E-state index contributed by atoms with van der Waals surface area (Å²) in [6, 6.07) is 0.439. The lowest BCUT2D eigenvalue weighted by molar-refractivity contribution is 0.320. The summed E-state index contributed by atoms with van der Waals surface area (Å²) >= 11 is 0. The van der Waals surface area contributed by atoms with Gasteiger partial charge in [0.2, 0.25) is 0 Å². The van der Waals surface area contributed by atoms with Crippen LogP contribution in [-0.4, -0.2) is 31.6 Å². The van der Waals surface area contributed by atoms with Crippen molar-refractivity contribution < 1.29 is 0 Å². The van der Waals surface area contributed by atoms with Gasteiger partial charge in [0.1, 0.15) is 0 Å². The molecule has 0 saturated heterocycles. The van der Waals surface area contributed by atoms with E-state index in [1.165, 1.54) is 19.3 Å². The van der Waals surface area contributed by atoms with Crippen LogP contribution in [0.4, 0.5) is 0 Å². The van der Waals surface area contributed by atoms with Crippen molar-refractivity contribution in [2.75, 3.05) is 20.6 Å². The number of hydrazine groups is 1. The topological polar surface area (TPSA) is 41.3 Å². The van der Waals surface area contributed by atoms with E-state index in [-0.39, 0.29) is 0 Å². The maximum Gasteiger partial charge on any atom is 0.0337 e. The maximum atomic E-state index is 5.46. The van der Waals surface area contributed by atoms with Gasteiger partial charge in [0, 0.05) is 12.6 Å². The van der Waals surface area contributed by atoms with Crippen LogP contribution in [0.3, 0.4) is 0 Å². The van der Waals surface area contributed by atoms with Crippen LogP contribution >= 0.6 is 0 Å². The number of nitrogens with two attached hydrogens (primary N) is 1. The summed E-state index contributed by atoms with van der Waals surface area (Å²) in [5.74, 6) is 6.26. The molecule has 0 spiro atoms. The van der Waals surface area contributed by atoms with Gasteiger partial charge in [-0.25, -0.2) is 0 Å². The highest BCUT2D eigenvalue weighted by atomic mass is 15.3. The van der Waals surface area contributed by atoms with Crippen molar-refractivity contribution >= 4 is 0 Å². The van der Waals surface area contributed by atoms with Gasteiger partial charge in [-0.2, -0.15) is 0 Å². The average molecular weight is 187 g/mol. The first-order valence-corrected chi connectivity index (χ1v) is 5.17. The Bertz CT molecular complexity index is 113. The molecule has 1 atom stereocenters. The highest BCUT2D eigenvalue weighted by Crippen LogP contribution is 2.08. The predicted octanol–water partition coefficient (Wildman–Crippen LogP) is 1.21. The lowest BCUT2D eigenvalue weighted by Crippen LogP contribution is -2.42. The fourth-order valence-electron chi connectivity index (χ4n) is 1.44. The predicted molar refractivity (Wildman–Crippen MR) is 58.4 cm³/mol.